The Bertz CT molecular complexity index is 616. The number of anilines is 1. The fourth-order valence-corrected chi connectivity index (χ4v) is 2.38. The molecule has 0 radical (unpaired) electrons. The molecule has 2 N–H and O–H groups in total. The van der Waals surface area contributed by atoms with Gasteiger partial charge in [-0.2, -0.15) is 0 Å². The van der Waals surface area contributed by atoms with Crippen LogP contribution < -0.4 is 10.6 Å². The van der Waals surface area contributed by atoms with Crippen molar-refractivity contribution >= 4 is 29.9 Å². The standard InChI is InChI=1S/C17H24FN3O2.ClH/c1-11-10-19-7-8-21(11)15(22)13-9-12(5-6-14(13)18)20-16(23)17(2,3)4;/h5-6,9,11,19H,7-8,10H2,1-4H3,(H,20,23);1H/t11-;/m1./s1. The molecule has 1 heterocycles. The van der Waals surface area contributed by atoms with E-state index in [-0.39, 0.29) is 35.8 Å². The van der Waals surface area contributed by atoms with Gasteiger partial charge in [0.25, 0.3) is 5.91 Å². The highest BCUT2D eigenvalue weighted by atomic mass is 35.5. The van der Waals surface area contributed by atoms with Gasteiger partial charge < -0.3 is 15.5 Å². The van der Waals surface area contributed by atoms with Crippen molar-refractivity contribution in [2.75, 3.05) is 25.0 Å². The highest BCUT2D eigenvalue weighted by molar-refractivity contribution is 5.98. The first-order chi connectivity index (χ1) is 10.7. The molecule has 1 saturated heterocycles. The highest BCUT2D eigenvalue weighted by Gasteiger charge is 2.27. The summed E-state index contributed by atoms with van der Waals surface area (Å²) in [5.41, 5.74) is -0.145. The average Bonchev–Trinajstić information content (AvgIpc) is 2.48. The lowest BCUT2D eigenvalue weighted by atomic mass is 9.95. The van der Waals surface area contributed by atoms with Crippen LogP contribution in [0.4, 0.5) is 10.1 Å². The van der Waals surface area contributed by atoms with Gasteiger partial charge in [0, 0.05) is 36.8 Å². The molecule has 0 unspecified atom stereocenters. The maximum Gasteiger partial charge on any atom is 0.257 e. The highest BCUT2D eigenvalue weighted by Crippen LogP contribution is 2.21. The molecule has 2 amide bonds. The van der Waals surface area contributed by atoms with Crippen LogP contribution in [-0.2, 0) is 4.79 Å². The number of hydrogen-bond donors (Lipinski definition) is 2. The Hall–Kier alpha value is -1.66. The van der Waals surface area contributed by atoms with Crippen LogP contribution in [0.1, 0.15) is 38.1 Å². The summed E-state index contributed by atoms with van der Waals surface area (Å²) in [6.45, 7) is 9.22. The third kappa shape index (κ3) is 4.68. The Morgan fingerprint density at radius 1 is 1.33 bits per heavy atom. The van der Waals surface area contributed by atoms with E-state index in [0.29, 0.717) is 25.3 Å². The first kappa shape index (κ1) is 20.4. The van der Waals surface area contributed by atoms with Gasteiger partial charge in [-0.1, -0.05) is 20.8 Å². The fourth-order valence-electron chi connectivity index (χ4n) is 2.38. The zero-order valence-electron chi connectivity index (χ0n) is 14.5. The molecular weight excluding hydrogens is 333 g/mol. The minimum atomic E-state index is -0.575. The van der Waals surface area contributed by atoms with Crippen molar-refractivity contribution in [2.45, 2.75) is 33.7 Å². The van der Waals surface area contributed by atoms with Crippen LogP contribution in [-0.4, -0.2) is 42.4 Å². The third-order valence-corrected chi connectivity index (χ3v) is 3.90. The van der Waals surface area contributed by atoms with Crippen molar-refractivity contribution in [3.8, 4) is 0 Å². The summed E-state index contributed by atoms with van der Waals surface area (Å²) in [7, 11) is 0. The van der Waals surface area contributed by atoms with Crippen LogP contribution in [0.25, 0.3) is 0 Å². The fraction of sp³-hybridized carbons (Fsp3) is 0.529. The second kappa shape index (κ2) is 7.94. The second-order valence-corrected chi connectivity index (χ2v) is 6.95. The van der Waals surface area contributed by atoms with Gasteiger partial charge in [0.05, 0.1) is 5.56 Å². The molecule has 134 valence electrons. The van der Waals surface area contributed by atoms with Gasteiger partial charge in [0.2, 0.25) is 5.91 Å². The molecule has 0 spiro atoms. The van der Waals surface area contributed by atoms with Gasteiger partial charge in [-0.3, -0.25) is 9.59 Å². The predicted molar refractivity (Wildman–Crippen MR) is 95.1 cm³/mol. The molecule has 0 saturated carbocycles. The molecule has 0 aliphatic carbocycles. The van der Waals surface area contributed by atoms with Gasteiger partial charge in [-0.05, 0) is 25.1 Å². The maximum absolute atomic E-state index is 14.1. The number of amides is 2. The molecule has 1 aromatic carbocycles. The average molecular weight is 358 g/mol. The molecule has 1 aliphatic heterocycles. The molecule has 7 heteroatoms. The number of rotatable bonds is 2. The Labute approximate surface area is 148 Å². The van der Waals surface area contributed by atoms with Gasteiger partial charge >= 0.3 is 0 Å². The van der Waals surface area contributed by atoms with E-state index in [1.165, 1.54) is 18.2 Å². The van der Waals surface area contributed by atoms with Crippen LogP contribution in [0.3, 0.4) is 0 Å². The molecule has 0 aromatic heterocycles. The van der Waals surface area contributed by atoms with Crippen molar-refractivity contribution in [1.82, 2.24) is 10.2 Å². The van der Waals surface area contributed by atoms with E-state index in [2.05, 4.69) is 10.6 Å². The number of hydrogen-bond acceptors (Lipinski definition) is 3. The molecule has 1 fully saturated rings. The molecule has 1 aliphatic rings. The smallest absolute Gasteiger partial charge is 0.257 e. The van der Waals surface area contributed by atoms with E-state index in [4.69, 9.17) is 0 Å². The Morgan fingerprint density at radius 2 is 2.00 bits per heavy atom. The summed E-state index contributed by atoms with van der Waals surface area (Å²) in [6.07, 6.45) is 0. The van der Waals surface area contributed by atoms with Gasteiger partial charge in [-0.15, -0.1) is 12.4 Å². The van der Waals surface area contributed by atoms with E-state index in [1.807, 2.05) is 6.92 Å². The SMILES string of the molecule is C[C@@H]1CNCCN1C(=O)c1cc(NC(=O)C(C)(C)C)ccc1F.Cl. The topological polar surface area (TPSA) is 61.4 Å². The van der Waals surface area contributed by atoms with Crippen LogP contribution >= 0.6 is 12.4 Å². The normalized spacial score (nSPS) is 17.9. The van der Waals surface area contributed by atoms with Crippen molar-refractivity contribution in [3.63, 3.8) is 0 Å². The lowest BCUT2D eigenvalue weighted by Gasteiger charge is -2.34. The molecule has 5 nitrogen and oxygen atoms in total. The number of benzene rings is 1. The number of nitrogens with one attached hydrogen (secondary N) is 2. The molecule has 1 aromatic rings. The first-order valence-corrected chi connectivity index (χ1v) is 7.83. The number of carbonyl (C=O) groups is 2. The Kier molecular flexibility index (Phi) is 6.75. The first-order valence-electron chi connectivity index (χ1n) is 7.83. The number of halogens is 2. The molecule has 1 atom stereocenters. The van der Waals surface area contributed by atoms with E-state index in [0.717, 1.165) is 0 Å². The van der Waals surface area contributed by atoms with Crippen LogP contribution in [0.5, 0.6) is 0 Å². The Balaban J connectivity index is 0.00000288. The van der Waals surface area contributed by atoms with Crippen molar-refractivity contribution in [2.24, 2.45) is 5.41 Å². The number of piperazine rings is 1. The monoisotopic (exact) mass is 357 g/mol. The minimum Gasteiger partial charge on any atom is -0.333 e. The molecule has 24 heavy (non-hydrogen) atoms. The summed E-state index contributed by atoms with van der Waals surface area (Å²) < 4.78 is 14.1. The summed E-state index contributed by atoms with van der Waals surface area (Å²) >= 11 is 0. The van der Waals surface area contributed by atoms with E-state index in [9.17, 15) is 14.0 Å². The summed E-state index contributed by atoms with van der Waals surface area (Å²) in [6, 6.07) is 4.11. The minimum absolute atomic E-state index is 0. The quantitative estimate of drug-likeness (QED) is 0.855. The summed E-state index contributed by atoms with van der Waals surface area (Å²) in [5.74, 6) is -1.10. The Morgan fingerprint density at radius 3 is 2.58 bits per heavy atom. The largest absolute Gasteiger partial charge is 0.333 e. The zero-order valence-corrected chi connectivity index (χ0v) is 15.3. The van der Waals surface area contributed by atoms with Crippen molar-refractivity contribution in [3.05, 3.63) is 29.6 Å². The zero-order chi connectivity index (χ0) is 17.2. The maximum atomic E-state index is 14.1. The van der Waals surface area contributed by atoms with Gasteiger partial charge in [0.15, 0.2) is 0 Å². The van der Waals surface area contributed by atoms with Crippen LogP contribution in [0, 0.1) is 11.2 Å². The summed E-state index contributed by atoms with van der Waals surface area (Å²) in [4.78, 5) is 26.3. The lowest BCUT2D eigenvalue weighted by molar-refractivity contribution is -0.123. The van der Waals surface area contributed by atoms with Crippen LogP contribution in [0.15, 0.2) is 18.2 Å². The molecule has 2 rings (SSSR count). The van der Waals surface area contributed by atoms with Gasteiger partial charge in [0.1, 0.15) is 5.82 Å². The molecular formula is C17H25ClFN3O2. The van der Waals surface area contributed by atoms with Crippen LogP contribution in [0.2, 0.25) is 0 Å². The van der Waals surface area contributed by atoms with Crippen molar-refractivity contribution < 1.29 is 14.0 Å². The van der Waals surface area contributed by atoms with E-state index in [1.54, 1.807) is 25.7 Å². The third-order valence-electron chi connectivity index (χ3n) is 3.90. The molecule has 0 bridgehead atoms. The number of carbonyl (C=O) groups excluding carboxylic acids is 2. The number of nitrogens with zero attached hydrogens (tertiary/aromatic N) is 1. The van der Waals surface area contributed by atoms with Crippen molar-refractivity contribution in [1.29, 1.82) is 0 Å². The van der Waals surface area contributed by atoms with Gasteiger partial charge in [-0.25, -0.2) is 4.39 Å². The van der Waals surface area contributed by atoms with E-state index < -0.39 is 11.2 Å². The van der Waals surface area contributed by atoms with E-state index >= 15 is 0 Å². The second-order valence-electron chi connectivity index (χ2n) is 6.95. The lowest BCUT2D eigenvalue weighted by Crippen LogP contribution is -2.52. The summed E-state index contributed by atoms with van der Waals surface area (Å²) in [5, 5.41) is 5.92. The predicted octanol–water partition coefficient (Wildman–Crippen LogP) is 2.67.